The van der Waals surface area contributed by atoms with Gasteiger partial charge >= 0.3 is 12.2 Å². The Morgan fingerprint density at radius 1 is 0.839 bits per heavy atom. The molecular weight excluding hydrogens is 791 g/mol. The van der Waals surface area contributed by atoms with Crippen LogP contribution >= 0.6 is 0 Å². The van der Waals surface area contributed by atoms with Crippen molar-refractivity contribution >= 4 is 45.7 Å². The first kappa shape index (κ1) is 52.3. The van der Waals surface area contributed by atoms with Gasteiger partial charge in [0.15, 0.2) is 0 Å². The molecule has 0 saturated carbocycles. The van der Waals surface area contributed by atoms with Gasteiger partial charge in [-0.1, -0.05) is 28.7 Å². The minimum atomic E-state index is -0.560. The fraction of sp³-hybridized carbons (Fsp3) is 0.500. The van der Waals surface area contributed by atoms with Crippen LogP contribution in [-0.2, 0) is 22.5 Å². The number of H-pyrrole nitrogens is 2. The van der Waals surface area contributed by atoms with Gasteiger partial charge < -0.3 is 35.8 Å². The zero-order valence-electron chi connectivity index (χ0n) is 40.7. The standard InChI is InChI=1S/C18H25N3O3.C10H12N2O4.C8H9N3.C8H19N.2CH4/c1-18(2,3)24-17(23)21-10-4-5-14(22)7-6-13-8-11-19-16-15(13)9-12-20-16;1-2-7-11-10(13)16-9-5-3-8(4-6-9)12(14)15;9-5-6-1-3-10-8-7(6)2-4-11-8;1-6-9(7(2)3)8(4)5;;/h8-9,11-12H,4-7,10H2,1-3H3,(H,19,20)(H,21,23);3-6H,2,7H2,1H3,(H,11,13);1-4H,5,9H2,(H,10,11);7-8H,6H2,1-5H3;2*1H4/i;;;;2*1D. The van der Waals surface area contributed by atoms with Crippen molar-refractivity contribution in [2.24, 2.45) is 5.73 Å². The molecular formula is C46H73N9O7. The molecule has 0 aliphatic rings. The highest BCUT2D eigenvalue weighted by Gasteiger charge is 2.16. The summed E-state index contributed by atoms with van der Waals surface area (Å²) in [6.45, 7) is 21.2. The number of rotatable bonds is 15. The first-order valence-electron chi connectivity index (χ1n) is 22.5. The number of fused-ring (bicyclic) bond motifs is 2. The fourth-order valence-corrected chi connectivity index (χ4v) is 5.95. The van der Waals surface area contributed by atoms with Crippen molar-refractivity contribution in [1.29, 1.82) is 0 Å². The van der Waals surface area contributed by atoms with Gasteiger partial charge in [0, 0.05) is 95.0 Å². The lowest BCUT2D eigenvalue weighted by Gasteiger charge is -2.28. The average Bonchev–Trinajstić information content (AvgIpc) is 3.96. The number of benzene rings is 1. The summed E-state index contributed by atoms with van der Waals surface area (Å²) in [7, 11) is 2.50. The highest BCUT2D eigenvalue weighted by atomic mass is 16.6. The predicted molar refractivity (Wildman–Crippen MR) is 250 cm³/mol. The lowest BCUT2D eigenvalue weighted by atomic mass is 10.0. The number of nitrogens with one attached hydrogen (secondary N) is 4. The Bertz CT molecular complexity index is 2040. The summed E-state index contributed by atoms with van der Waals surface area (Å²) < 4.78 is 21.5. The molecule has 0 aliphatic carbocycles. The highest BCUT2D eigenvalue weighted by Crippen LogP contribution is 2.19. The van der Waals surface area contributed by atoms with E-state index < -0.39 is 22.7 Å². The number of nitrogens with zero attached hydrogens (tertiary/aromatic N) is 4. The number of hydrogen-bond acceptors (Lipinski definition) is 11. The second-order valence-electron chi connectivity index (χ2n) is 15.3. The number of alkyl carbamates (subject to hydrolysis) is 1. The number of Topliss-reactive ketones (excluding diaryl/α,β-unsaturated/α-hetero) is 1. The molecule has 0 radical (unpaired) electrons. The summed E-state index contributed by atoms with van der Waals surface area (Å²) in [6.07, 6.45) is 9.33. The molecule has 2 amide bonds. The van der Waals surface area contributed by atoms with E-state index in [0.29, 0.717) is 57.4 Å². The van der Waals surface area contributed by atoms with Crippen molar-refractivity contribution in [3.8, 4) is 5.75 Å². The molecule has 16 nitrogen and oxygen atoms in total. The number of ketones is 1. The number of amides is 2. The molecule has 0 spiro atoms. The predicted octanol–water partition coefficient (Wildman–Crippen LogP) is 9.88. The number of ether oxygens (including phenoxy) is 2. The number of carbonyl (C=O) groups is 3. The van der Waals surface area contributed by atoms with Gasteiger partial charge in [0.05, 0.1) is 4.92 Å². The number of nitro groups is 1. The molecule has 4 heterocycles. The van der Waals surface area contributed by atoms with Crippen LogP contribution in [0.25, 0.3) is 22.1 Å². The summed E-state index contributed by atoms with van der Waals surface area (Å²) in [6, 6.07) is 14.6. The molecule has 344 valence electrons. The molecule has 0 fully saturated rings. The van der Waals surface area contributed by atoms with Gasteiger partial charge in [-0.2, -0.15) is 0 Å². The molecule has 4 aromatic heterocycles. The molecule has 0 aliphatic heterocycles. The van der Waals surface area contributed by atoms with Crippen LogP contribution in [0.5, 0.6) is 5.75 Å². The Morgan fingerprint density at radius 2 is 1.37 bits per heavy atom. The number of nitrogens with two attached hydrogens (primary N) is 1. The number of aromatic nitrogens is 4. The van der Waals surface area contributed by atoms with E-state index in [2.05, 4.69) is 70.1 Å². The minimum Gasteiger partial charge on any atom is -0.444 e. The zero-order chi connectivity index (χ0) is 48.7. The first-order valence-corrected chi connectivity index (χ1v) is 20.5. The van der Waals surface area contributed by atoms with Crippen molar-refractivity contribution in [2.75, 3.05) is 19.6 Å². The van der Waals surface area contributed by atoms with Crippen LogP contribution in [0, 0.1) is 10.1 Å². The molecule has 5 rings (SSSR count). The number of aromatic amines is 2. The van der Waals surface area contributed by atoms with Gasteiger partial charge in [0.1, 0.15) is 28.4 Å². The molecule has 0 saturated heterocycles. The van der Waals surface area contributed by atoms with E-state index in [9.17, 15) is 24.5 Å². The molecule has 16 heteroatoms. The minimum absolute atomic E-state index is 0.0404. The van der Waals surface area contributed by atoms with E-state index in [-0.39, 0.29) is 17.2 Å². The Morgan fingerprint density at radius 3 is 1.84 bits per heavy atom. The molecule has 0 atom stereocenters. The Balaban J connectivity index is 0.000000858. The van der Waals surface area contributed by atoms with Gasteiger partial charge in [0.25, 0.3) is 5.69 Å². The first-order chi connectivity index (χ1) is 30.5. The molecule has 1 aromatic carbocycles. The topological polar surface area (TPSA) is 223 Å². The van der Waals surface area contributed by atoms with E-state index in [0.717, 1.165) is 46.2 Å². The van der Waals surface area contributed by atoms with Crippen LogP contribution in [0.3, 0.4) is 0 Å². The highest BCUT2D eigenvalue weighted by molar-refractivity contribution is 5.82. The average molecular weight is 866 g/mol. The Labute approximate surface area is 371 Å². The molecule has 0 unspecified atom stereocenters. The summed E-state index contributed by atoms with van der Waals surface area (Å²) in [4.78, 5) is 61.4. The maximum absolute atomic E-state index is 12.0. The van der Waals surface area contributed by atoms with Gasteiger partial charge in [-0.3, -0.25) is 19.8 Å². The van der Waals surface area contributed by atoms with Crippen LogP contribution in [0.4, 0.5) is 15.3 Å². The van der Waals surface area contributed by atoms with E-state index >= 15 is 0 Å². The van der Waals surface area contributed by atoms with Gasteiger partial charge in [-0.15, -0.1) is 0 Å². The summed E-state index contributed by atoms with van der Waals surface area (Å²) in [5.74, 6) is 0.473. The molecule has 62 heavy (non-hydrogen) atoms. The monoisotopic (exact) mass is 866 g/mol. The van der Waals surface area contributed by atoms with Gasteiger partial charge in [0.2, 0.25) is 0 Å². The molecule has 0 bridgehead atoms. The lowest BCUT2D eigenvalue weighted by Crippen LogP contribution is -2.36. The van der Waals surface area contributed by atoms with E-state index in [1.54, 1.807) is 12.4 Å². The SMILES string of the molecule is CC(C)(C)OC(=O)NCCCC(=O)CCc1ccnc2[nH]ccc12.CCCNC(=O)Oc1ccc([N+](=O)[O-])cc1.CCN(C(C)C)C(C)C.NCc1ccnc2[nH]ccc12.[2H]C.[2H]C. The van der Waals surface area contributed by atoms with Crippen LogP contribution in [-0.4, -0.2) is 85.0 Å². The van der Waals surface area contributed by atoms with Crippen LogP contribution < -0.4 is 21.1 Å². The van der Waals surface area contributed by atoms with Gasteiger partial charge in [-0.05, 0) is 122 Å². The maximum Gasteiger partial charge on any atom is 0.412 e. The van der Waals surface area contributed by atoms with Crippen molar-refractivity contribution < 1.29 is 31.5 Å². The van der Waals surface area contributed by atoms with Crippen molar-refractivity contribution in [3.63, 3.8) is 0 Å². The third kappa shape index (κ3) is 21.1. The quantitative estimate of drug-likeness (QED) is 0.0378. The molecule has 5 aromatic rings. The van der Waals surface area contributed by atoms with Crippen LogP contribution in [0.1, 0.15) is 117 Å². The van der Waals surface area contributed by atoms with E-state index in [1.807, 2.05) is 64.4 Å². The third-order valence-corrected chi connectivity index (χ3v) is 8.76. The second kappa shape index (κ2) is 29.4. The molecule has 6 N–H and O–H groups in total. The van der Waals surface area contributed by atoms with Crippen LogP contribution in [0.15, 0.2) is 73.3 Å². The number of non-ortho nitro benzene ring substituents is 1. The number of hydrogen-bond donors (Lipinski definition) is 5. The largest absolute Gasteiger partial charge is 0.444 e. The summed E-state index contributed by atoms with van der Waals surface area (Å²) in [5, 5.41) is 17.7. The van der Waals surface area contributed by atoms with Gasteiger partial charge in [-0.25, -0.2) is 19.6 Å². The van der Waals surface area contributed by atoms with Crippen molar-refractivity contribution in [3.05, 3.63) is 94.6 Å². The van der Waals surface area contributed by atoms with E-state index in [4.69, 9.17) is 17.9 Å². The third-order valence-electron chi connectivity index (χ3n) is 8.76. The van der Waals surface area contributed by atoms with Crippen molar-refractivity contribution in [2.45, 2.75) is 133 Å². The number of pyridine rings is 2. The normalized spacial score (nSPS) is 10.8. The maximum atomic E-state index is 12.0. The zero-order valence-corrected chi connectivity index (χ0v) is 38.7. The summed E-state index contributed by atoms with van der Waals surface area (Å²) >= 11 is 0. The number of carbonyl (C=O) groups excluding carboxylic acids is 3. The number of aryl methyl sites for hydroxylation is 1. The second-order valence-corrected chi connectivity index (χ2v) is 15.3. The summed E-state index contributed by atoms with van der Waals surface area (Å²) in [5.41, 5.74) is 9.01. The van der Waals surface area contributed by atoms with Crippen LogP contribution in [0.2, 0.25) is 0 Å². The Hall–Kier alpha value is -5.87. The fourth-order valence-electron chi connectivity index (χ4n) is 5.95. The van der Waals surface area contributed by atoms with E-state index in [1.165, 1.54) is 39.1 Å². The Kier molecular flexibility index (Phi) is 24.8. The number of nitro benzene ring substituents is 1. The van der Waals surface area contributed by atoms with Crippen molar-refractivity contribution in [1.82, 2.24) is 35.5 Å². The smallest absolute Gasteiger partial charge is 0.412 e. The lowest BCUT2D eigenvalue weighted by molar-refractivity contribution is -0.384.